The fourth-order valence-electron chi connectivity index (χ4n) is 1.55. The number of aliphatic hydroxyl groups is 1. The Morgan fingerprint density at radius 3 is 2.88 bits per heavy atom. The van der Waals surface area contributed by atoms with Gasteiger partial charge in [0.05, 0.1) is 0 Å². The zero-order valence-corrected chi connectivity index (χ0v) is 10.8. The van der Waals surface area contributed by atoms with Crippen LogP contribution in [0.3, 0.4) is 0 Å². The highest BCUT2D eigenvalue weighted by molar-refractivity contribution is 5.28. The van der Waals surface area contributed by atoms with E-state index in [-0.39, 0.29) is 0 Å². The first-order valence-electron chi connectivity index (χ1n) is 6.36. The zero-order valence-electron chi connectivity index (χ0n) is 10.8. The Kier molecular flexibility index (Phi) is 6.67. The van der Waals surface area contributed by atoms with E-state index in [1.54, 1.807) is 0 Å². The molecule has 0 heterocycles. The average molecular weight is 237 g/mol. The standard InChI is InChI=1S/C14H23NO2/c1-3-8-15-10-13(16)11-17-14-7-5-6-12(4-2)9-14/h5-7,9,13,15-16H,3-4,8,10-11H2,1-2H3. The second kappa shape index (κ2) is 8.09. The van der Waals surface area contributed by atoms with Crippen LogP contribution in [-0.2, 0) is 6.42 Å². The largest absolute Gasteiger partial charge is 0.491 e. The Labute approximate surface area is 104 Å². The first kappa shape index (κ1) is 14.0. The summed E-state index contributed by atoms with van der Waals surface area (Å²) in [6.45, 7) is 6.07. The number of hydrogen-bond acceptors (Lipinski definition) is 3. The molecule has 1 unspecified atom stereocenters. The van der Waals surface area contributed by atoms with E-state index in [9.17, 15) is 5.11 Å². The molecule has 0 aliphatic heterocycles. The summed E-state index contributed by atoms with van der Waals surface area (Å²) in [4.78, 5) is 0. The number of benzene rings is 1. The molecule has 2 N–H and O–H groups in total. The first-order chi connectivity index (χ1) is 8.26. The van der Waals surface area contributed by atoms with Crippen molar-refractivity contribution in [2.75, 3.05) is 19.7 Å². The van der Waals surface area contributed by atoms with Crippen LogP contribution in [-0.4, -0.2) is 30.9 Å². The highest BCUT2D eigenvalue weighted by atomic mass is 16.5. The van der Waals surface area contributed by atoms with Crippen molar-refractivity contribution in [2.24, 2.45) is 0 Å². The van der Waals surface area contributed by atoms with Gasteiger partial charge in [0.2, 0.25) is 0 Å². The van der Waals surface area contributed by atoms with E-state index < -0.39 is 6.10 Å². The van der Waals surface area contributed by atoms with Gasteiger partial charge in [0.25, 0.3) is 0 Å². The van der Waals surface area contributed by atoms with Crippen LogP contribution in [0.25, 0.3) is 0 Å². The van der Waals surface area contributed by atoms with Crippen LogP contribution in [0.2, 0.25) is 0 Å². The first-order valence-corrected chi connectivity index (χ1v) is 6.36. The van der Waals surface area contributed by atoms with Gasteiger partial charge in [-0.3, -0.25) is 0 Å². The van der Waals surface area contributed by atoms with Crippen LogP contribution in [0.1, 0.15) is 25.8 Å². The molecule has 3 nitrogen and oxygen atoms in total. The molecule has 0 saturated heterocycles. The van der Waals surface area contributed by atoms with Gasteiger partial charge in [-0.2, -0.15) is 0 Å². The van der Waals surface area contributed by atoms with Gasteiger partial charge in [-0.25, -0.2) is 0 Å². The van der Waals surface area contributed by atoms with E-state index in [2.05, 4.69) is 25.2 Å². The van der Waals surface area contributed by atoms with Crippen LogP contribution in [0, 0.1) is 0 Å². The van der Waals surface area contributed by atoms with Crippen LogP contribution < -0.4 is 10.1 Å². The number of ether oxygens (including phenoxy) is 1. The lowest BCUT2D eigenvalue weighted by atomic mass is 10.2. The molecule has 0 fully saturated rings. The second-order valence-electron chi connectivity index (χ2n) is 4.17. The minimum atomic E-state index is -0.452. The van der Waals surface area contributed by atoms with Gasteiger partial charge in [-0.15, -0.1) is 0 Å². The monoisotopic (exact) mass is 237 g/mol. The van der Waals surface area contributed by atoms with E-state index in [1.165, 1.54) is 5.56 Å². The Morgan fingerprint density at radius 1 is 1.35 bits per heavy atom. The predicted octanol–water partition coefficient (Wildman–Crippen LogP) is 1.99. The van der Waals surface area contributed by atoms with Crippen LogP contribution in [0.5, 0.6) is 5.75 Å². The molecule has 0 amide bonds. The van der Waals surface area contributed by atoms with Crippen LogP contribution in [0.4, 0.5) is 0 Å². The number of hydrogen-bond donors (Lipinski definition) is 2. The fourth-order valence-corrected chi connectivity index (χ4v) is 1.55. The summed E-state index contributed by atoms with van der Waals surface area (Å²) >= 11 is 0. The third-order valence-electron chi connectivity index (χ3n) is 2.56. The van der Waals surface area contributed by atoms with Crippen molar-refractivity contribution in [1.82, 2.24) is 5.32 Å². The maximum absolute atomic E-state index is 9.68. The summed E-state index contributed by atoms with van der Waals surface area (Å²) in [6.07, 6.45) is 1.62. The van der Waals surface area contributed by atoms with Crippen LogP contribution in [0.15, 0.2) is 24.3 Å². The molecule has 0 saturated carbocycles. The van der Waals surface area contributed by atoms with E-state index in [4.69, 9.17) is 4.74 Å². The molecule has 0 spiro atoms. The van der Waals surface area contributed by atoms with Crippen molar-refractivity contribution >= 4 is 0 Å². The molecule has 0 aliphatic carbocycles. The highest BCUT2D eigenvalue weighted by Crippen LogP contribution is 2.13. The predicted molar refractivity (Wildman–Crippen MR) is 70.5 cm³/mol. The minimum Gasteiger partial charge on any atom is -0.491 e. The molecule has 1 aromatic carbocycles. The van der Waals surface area contributed by atoms with Gasteiger partial charge >= 0.3 is 0 Å². The Balaban J connectivity index is 2.28. The maximum atomic E-state index is 9.68. The van der Waals surface area contributed by atoms with Crippen molar-refractivity contribution in [3.63, 3.8) is 0 Å². The molecule has 3 heteroatoms. The maximum Gasteiger partial charge on any atom is 0.119 e. The number of aliphatic hydroxyl groups excluding tert-OH is 1. The van der Waals surface area contributed by atoms with Crippen molar-refractivity contribution in [3.05, 3.63) is 29.8 Å². The zero-order chi connectivity index (χ0) is 12.5. The molecule has 1 atom stereocenters. The smallest absolute Gasteiger partial charge is 0.119 e. The summed E-state index contributed by atoms with van der Waals surface area (Å²) in [5.41, 5.74) is 1.25. The molecule has 96 valence electrons. The SMILES string of the molecule is CCCNCC(O)COc1cccc(CC)c1. The normalized spacial score (nSPS) is 12.4. The van der Waals surface area contributed by atoms with Gasteiger partial charge < -0.3 is 15.2 Å². The Morgan fingerprint density at radius 2 is 2.18 bits per heavy atom. The molecule has 1 aromatic rings. The summed E-state index contributed by atoms with van der Waals surface area (Å²) in [6, 6.07) is 8.00. The topological polar surface area (TPSA) is 41.5 Å². The number of nitrogens with one attached hydrogen (secondary N) is 1. The van der Waals surface area contributed by atoms with Gasteiger partial charge in [-0.05, 0) is 37.1 Å². The van der Waals surface area contributed by atoms with Gasteiger partial charge in [-0.1, -0.05) is 26.0 Å². The summed E-state index contributed by atoms with van der Waals surface area (Å²) in [5, 5.41) is 12.8. The summed E-state index contributed by atoms with van der Waals surface area (Å²) in [5.74, 6) is 0.832. The molecular formula is C14H23NO2. The molecule has 0 aliphatic rings. The quantitative estimate of drug-likeness (QED) is 0.679. The van der Waals surface area contributed by atoms with Gasteiger partial charge in [0, 0.05) is 6.54 Å². The Hall–Kier alpha value is -1.06. The van der Waals surface area contributed by atoms with E-state index in [0.29, 0.717) is 13.2 Å². The fraction of sp³-hybridized carbons (Fsp3) is 0.571. The molecule has 0 aromatic heterocycles. The summed E-state index contributed by atoms with van der Waals surface area (Å²) in [7, 11) is 0. The van der Waals surface area contributed by atoms with E-state index >= 15 is 0 Å². The lowest BCUT2D eigenvalue weighted by Crippen LogP contribution is -2.31. The van der Waals surface area contributed by atoms with Gasteiger partial charge in [0.15, 0.2) is 0 Å². The van der Waals surface area contributed by atoms with E-state index in [0.717, 1.165) is 25.1 Å². The molecule has 0 radical (unpaired) electrons. The minimum absolute atomic E-state index is 0.337. The van der Waals surface area contributed by atoms with Crippen molar-refractivity contribution in [1.29, 1.82) is 0 Å². The molecule has 17 heavy (non-hydrogen) atoms. The highest BCUT2D eigenvalue weighted by Gasteiger charge is 2.04. The lowest BCUT2D eigenvalue weighted by Gasteiger charge is -2.13. The molecule has 1 rings (SSSR count). The van der Waals surface area contributed by atoms with Crippen LogP contribution >= 0.6 is 0 Å². The average Bonchev–Trinajstić information content (AvgIpc) is 2.37. The third-order valence-corrected chi connectivity index (χ3v) is 2.56. The lowest BCUT2D eigenvalue weighted by molar-refractivity contribution is 0.106. The van der Waals surface area contributed by atoms with Gasteiger partial charge in [0.1, 0.15) is 18.5 Å². The van der Waals surface area contributed by atoms with Crippen molar-refractivity contribution < 1.29 is 9.84 Å². The molecule has 0 bridgehead atoms. The Bertz CT molecular complexity index is 315. The van der Waals surface area contributed by atoms with E-state index in [1.807, 2.05) is 18.2 Å². The number of rotatable bonds is 8. The number of aryl methyl sites for hydroxylation is 1. The van der Waals surface area contributed by atoms with Crippen molar-refractivity contribution in [3.8, 4) is 5.75 Å². The third kappa shape index (κ3) is 5.71. The molecular weight excluding hydrogens is 214 g/mol. The second-order valence-corrected chi connectivity index (χ2v) is 4.17. The van der Waals surface area contributed by atoms with Crippen molar-refractivity contribution in [2.45, 2.75) is 32.8 Å². The summed E-state index contributed by atoms with van der Waals surface area (Å²) < 4.78 is 5.55.